The summed E-state index contributed by atoms with van der Waals surface area (Å²) in [6.07, 6.45) is 2.02. The van der Waals surface area contributed by atoms with Gasteiger partial charge in [0.15, 0.2) is 0 Å². The lowest BCUT2D eigenvalue weighted by atomic mass is 9.97. The van der Waals surface area contributed by atoms with Gasteiger partial charge < -0.3 is 10.1 Å². The fourth-order valence-corrected chi connectivity index (χ4v) is 4.96. The van der Waals surface area contributed by atoms with Crippen LogP contribution < -0.4 is 10.1 Å². The summed E-state index contributed by atoms with van der Waals surface area (Å²) in [5, 5.41) is 4.88. The van der Waals surface area contributed by atoms with E-state index in [4.69, 9.17) is 21.3 Å². The zero-order valence-electron chi connectivity index (χ0n) is 16.4. The number of rotatable bonds is 6. The second kappa shape index (κ2) is 9.11. The molecule has 0 bridgehead atoms. The Labute approximate surface area is 179 Å². The van der Waals surface area contributed by atoms with Gasteiger partial charge in [-0.05, 0) is 63.2 Å². The summed E-state index contributed by atoms with van der Waals surface area (Å²) in [6.45, 7) is 4.67. The van der Waals surface area contributed by atoms with Gasteiger partial charge >= 0.3 is 0 Å². The quantitative estimate of drug-likeness (QED) is 0.587. The molecule has 0 radical (unpaired) electrons. The molecule has 0 atom stereocenters. The van der Waals surface area contributed by atoms with Gasteiger partial charge in [0.05, 0.1) is 34.1 Å². The first kappa shape index (κ1) is 20.1. The number of amides is 1. The van der Waals surface area contributed by atoms with Crippen LogP contribution in [0.3, 0.4) is 0 Å². The molecule has 2 heterocycles. The molecule has 1 fully saturated rings. The van der Waals surface area contributed by atoms with Gasteiger partial charge in [0, 0.05) is 10.9 Å². The second-order valence-electron chi connectivity index (χ2n) is 7.19. The third-order valence-corrected chi connectivity index (χ3v) is 6.57. The minimum Gasteiger partial charge on any atom is -0.492 e. The van der Waals surface area contributed by atoms with Crippen molar-refractivity contribution in [2.24, 2.45) is 0 Å². The molecule has 0 spiro atoms. The number of piperidine rings is 1. The zero-order chi connectivity index (χ0) is 20.2. The van der Waals surface area contributed by atoms with E-state index >= 15 is 0 Å². The molecule has 1 aromatic heterocycles. The standard InChI is InChI=1S/C22H24ClN3O2S/c1-2-28-19-6-4-3-5-17(19)24-21(27)14-26-11-9-15(10-12-26)22-25-18-13-16(23)7-8-20(18)29-22/h3-8,13,15H,2,9-12,14H2,1H3,(H,24,27). The summed E-state index contributed by atoms with van der Waals surface area (Å²) in [7, 11) is 0. The maximum atomic E-state index is 12.5. The van der Waals surface area contributed by atoms with E-state index in [0.29, 0.717) is 24.8 Å². The Kier molecular flexibility index (Phi) is 6.33. The van der Waals surface area contributed by atoms with Gasteiger partial charge in [-0.25, -0.2) is 4.98 Å². The minimum absolute atomic E-state index is 0.00904. The number of anilines is 1. The summed E-state index contributed by atoms with van der Waals surface area (Å²) in [5.41, 5.74) is 1.70. The number of ether oxygens (including phenoxy) is 1. The van der Waals surface area contributed by atoms with Crippen LogP contribution in [0.4, 0.5) is 5.69 Å². The van der Waals surface area contributed by atoms with Crippen LogP contribution in [0.1, 0.15) is 30.7 Å². The molecule has 1 aliphatic heterocycles. The highest BCUT2D eigenvalue weighted by atomic mass is 35.5. The van der Waals surface area contributed by atoms with E-state index in [2.05, 4.69) is 10.2 Å². The van der Waals surface area contributed by atoms with Crippen LogP contribution in [0.25, 0.3) is 10.2 Å². The maximum Gasteiger partial charge on any atom is 0.238 e. The Balaban J connectivity index is 1.32. The van der Waals surface area contributed by atoms with E-state index in [-0.39, 0.29) is 5.91 Å². The number of fused-ring (bicyclic) bond motifs is 1. The van der Waals surface area contributed by atoms with Crippen molar-refractivity contribution in [3.63, 3.8) is 0 Å². The molecule has 0 aliphatic carbocycles. The fraction of sp³-hybridized carbons (Fsp3) is 0.364. The summed E-state index contributed by atoms with van der Waals surface area (Å²) in [4.78, 5) is 19.5. The number of halogens is 1. The summed E-state index contributed by atoms with van der Waals surface area (Å²) in [5.74, 6) is 1.15. The maximum absolute atomic E-state index is 12.5. The predicted molar refractivity (Wildman–Crippen MR) is 119 cm³/mol. The van der Waals surface area contributed by atoms with Gasteiger partial charge in [0.2, 0.25) is 5.91 Å². The highest BCUT2D eigenvalue weighted by Crippen LogP contribution is 2.34. The van der Waals surface area contributed by atoms with Crippen molar-refractivity contribution in [1.82, 2.24) is 9.88 Å². The number of hydrogen-bond donors (Lipinski definition) is 1. The molecular weight excluding hydrogens is 406 g/mol. The average molecular weight is 430 g/mol. The summed E-state index contributed by atoms with van der Waals surface area (Å²) < 4.78 is 6.76. The van der Waals surface area contributed by atoms with Crippen LogP contribution in [0.2, 0.25) is 5.02 Å². The monoisotopic (exact) mass is 429 g/mol. The molecule has 4 rings (SSSR count). The molecule has 2 aromatic carbocycles. The van der Waals surface area contributed by atoms with Crippen molar-refractivity contribution in [1.29, 1.82) is 0 Å². The molecule has 5 nitrogen and oxygen atoms in total. The Morgan fingerprint density at radius 3 is 2.86 bits per heavy atom. The van der Waals surface area contributed by atoms with Crippen molar-refractivity contribution in [2.75, 3.05) is 31.6 Å². The lowest BCUT2D eigenvalue weighted by molar-refractivity contribution is -0.117. The van der Waals surface area contributed by atoms with Crippen LogP contribution in [0.5, 0.6) is 5.75 Å². The number of para-hydroxylation sites is 2. The van der Waals surface area contributed by atoms with Crippen molar-refractivity contribution < 1.29 is 9.53 Å². The summed E-state index contributed by atoms with van der Waals surface area (Å²) in [6, 6.07) is 13.4. The van der Waals surface area contributed by atoms with E-state index < -0.39 is 0 Å². The van der Waals surface area contributed by atoms with Gasteiger partial charge in [-0.3, -0.25) is 9.69 Å². The molecule has 0 unspecified atom stereocenters. The van der Waals surface area contributed by atoms with E-state index in [1.165, 1.54) is 9.71 Å². The molecule has 152 valence electrons. The normalized spacial score (nSPS) is 15.5. The highest BCUT2D eigenvalue weighted by Gasteiger charge is 2.24. The number of thiazole rings is 1. The predicted octanol–water partition coefficient (Wildman–Crippen LogP) is 5.17. The SMILES string of the molecule is CCOc1ccccc1NC(=O)CN1CCC(c2nc3cc(Cl)ccc3s2)CC1. The number of nitrogens with one attached hydrogen (secondary N) is 1. The molecule has 1 N–H and O–H groups in total. The lowest BCUT2D eigenvalue weighted by Gasteiger charge is -2.30. The lowest BCUT2D eigenvalue weighted by Crippen LogP contribution is -2.38. The van der Waals surface area contributed by atoms with Gasteiger partial charge in [-0.1, -0.05) is 23.7 Å². The van der Waals surface area contributed by atoms with Crippen molar-refractivity contribution >= 4 is 44.7 Å². The Bertz CT molecular complexity index is 999. The van der Waals surface area contributed by atoms with Crippen molar-refractivity contribution in [3.05, 3.63) is 52.5 Å². The van der Waals surface area contributed by atoms with Crippen molar-refractivity contribution in [3.8, 4) is 5.75 Å². The Hall–Kier alpha value is -2.15. The van der Waals surface area contributed by atoms with E-state index in [1.54, 1.807) is 11.3 Å². The average Bonchev–Trinajstić information content (AvgIpc) is 3.13. The van der Waals surface area contributed by atoms with Gasteiger partial charge in [-0.2, -0.15) is 0 Å². The van der Waals surface area contributed by atoms with Crippen LogP contribution in [-0.2, 0) is 4.79 Å². The number of likely N-dealkylation sites (tertiary alicyclic amines) is 1. The summed E-state index contributed by atoms with van der Waals surface area (Å²) >= 11 is 7.83. The van der Waals surface area contributed by atoms with Gasteiger partial charge in [0.1, 0.15) is 5.75 Å². The van der Waals surface area contributed by atoms with Gasteiger partial charge in [-0.15, -0.1) is 11.3 Å². The van der Waals surface area contributed by atoms with Crippen LogP contribution in [-0.4, -0.2) is 42.0 Å². The molecular formula is C22H24ClN3O2S. The molecule has 1 aliphatic rings. The molecule has 29 heavy (non-hydrogen) atoms. The molecule has 7 heteroatoms. The number of carbonyl (C=O) groups excluding carboxylic acids is 1. The second-order valence-corrected chi connectivity index (χ2v) is 8.69. The number of aromatic nitrogens is 1. The number of nitrogens with zero attached hydrogens (tertiary/aromatic N) is 2. The zero-order valence-corrected chi connectivity index (χ0v) is 17.9. The van der Waals surface area contributed by atoms with Gasteiger partial charge in [0.25, 0.3) is 0 Å². The topological polar surface area (TPSA) is 54.5 Å². The van der Waals surface area contributed by atoms with E-state index in [1.807, 2.05) is 49.4 Å². The van der Waals surface area contributed by atoms with E-state index in [9.17, 15) is 4.79 Å². The third-order valence-electron chi connectivity index (χ3n) is 5.13. The largest absolute Gasteiger partial charge is 0.492 e. The Morgan fingerprint density at radius 2 is 2.07 bits per heavy atom. The third kappa shape index (κ3) is 4.89. The highest BCUT2D eigenvalue weighted by molar-refractivity contribution is 7.18. The molecule has 0 saturated carbocycles. The smallest absolute Gasteiger partial charge is 0.238 e. The Morgan fingerprint density at radius 1 is 1.28 bits per heavy atom. The fourth-order valence-electron chi connectivity index (χ4n) is 3.68. The minimum atomic E-state index is -0.00904. The molecule has 3 aromatic rings. The van der Waals surface area contributed by atoms with Crippen molar-refractivity contribution in [2.45, 2.75) is 25.7 Å². The van der Waals surface area contributed by atoms with Crippen LogP contribution in [0, 0.1) is 0 Å². The number of hydrogen-bond acceptors (Lipinski definition) is 5. The number of benzene rings is 2. The van der Waals surface area contributed by atoms with E-state index in [0.717, 1.165) is 42.2 Å². The first-order valence-electron chi connectivity index (χ1n) is 9.92. The molecule has 1 saturated heterocycles. The first-order chi connectivity index (χ1) is 14.1. The molecule has 1 amide bonds. The van der Waals surface area contributed by atoms with Crippen LogP contribution in [0.15, 0.2) is 42.5 Å². The number of carbonyl (C=O) groups is 1. The first-order valence-corrected chi connectivity index (χ1v) is 11.1. The van der Waals surface area contributed by atoms with Crippen LogP contribution >= 0.6 is 22.9 Å².